The molecular weight excluding hydrogens is 346 g/mol. The van der Waals surface area contributed by atoms with Gasteiger partial charge in [0.1, 0.15) is 6.04 Å². The van der Waals surface area contributed by atoms with Crippen molar-refractivity contribution in [3.05, 3.63) is 24.9 Å². The molecule has 1 fully saturated rings. The Kier molecular flexibility index (Phi) is 5.53. The van der Waals surface area contributed by atoms with E-state index in [0.29, 0.717) is 11.4 Å². The van der Waals surface area contributed by atoms with Crippen LogP contribution >= 0.6 is 0 Å². The topological polar surface area (TPSA) is 122 Å². The first-order valence-corrected chi connectivity index (χ1v) is 9.30. The lowest BCUT2D eigenvalue weighted by Crippen LogP contribution is -2.43. The number of hydrogen-bond acceptors (Lipinski definition) is 5. The van der Waals surface area contributed by atoms with Crippen molar-refractivity contribution in [3.8, 4) is 0 Å². The number of rotatable bonds is 6. The van der Waals surface area contributed by atoms with Crippen LogP contribution in [0.3, 0.4) is 0 Å². The van der Waals surface area contributed by atoms with E-state index in [1.54, 1.807) is 30.0 Å². The Bertz CT molecular complexity index is 745. The number of benzene rings is 1. The molecule has 1 heterocycles. The molecule has 1 radical (unpaired) electrons. The molecule has 2 aliphatic rings. The van der Waals surface area contributed by atoms with Gasteiger partial charge in [-0.25, -0.2) is 4.79 Å². The Labute approximate surface area is 158 Å². The maximum absolute atomic E-state index is 12.4. The summed E-state index contributed by atoms with van der Waals surface area (Å²) in [5.41, 5.74) is 12.8. The number of hydrogen-bond donors (Lipinski definition) is 3. The molecule has 0 spiro atoms. The third kappa shape index (κ3) is 3.99. The first-order chi connectivity index (χ1) is 12.9. The predicted molar refractivity (Wildman–Crippen MR) is 104 cm³/mol. The van der Waals surface area contributed by atoms with Crippen LogP contribution < -0.4 is 26.6 Å². The molecule has 1 unspecified atom stereocenters. The minimum Gasteiger partial charge on any atom is -0.378 e. The highest BCUT2D eigenvalue weighted by molar-refractivity contribution is 6.02. The number of fused-ring (bicyclic) bond motifs is 1. The van der Waals surface area contributed by atoms with Crippen molar-refractivity contribution < 1.29 is 14.4 Å². The summed E-state index contributed by atoms with van der Waals surface area (Å²) in [5.74, 6) is -0.150. The van der Waals surface area contributed by atoms with Crippen molar-refractivity contribution in [2.45, 2.75) is 45.1 Å². The van der Waals surface area contributed by atoms with Gasteiger partial charge in [-0.2, -0.15) is 0 Å². The zero-order chi connectivity index (χ0) is 19.6. The summed E-state index contributed by atoms with van der Waals surface area (Å²) in [6.07, 6.45) is 5.39. The van der Waals surface area contributed by atoms with Crippen molar-refractivity contribution in [1.82, 2.24) is 0 Å². The molecule has 1 saturated carbocycles. The number of ketones is 1. The van der Waals surface area contributed by atoms with Gasteiger partial charge in [0.2, 0.25) is 5.91 Å². The summed E-state index contributed by atoms with van der Waals surface area (Å²) >= 11 is 0. The Morgan fingerprint density at radius 3 is 2.48 bits per heavy atom. The van der Waals surface area contributed by atoms with Crippen molar-refractivity contribution in [2.75, 3.05) is 21.7 Å². The molecule has 3 amide bonds. The lowest BCUT2D eigenvalue weighted by molar-refractivity contribution is -0.122. The predicted octanol–water partition coefficient (Wildman–Crippen LogP) is 1.95. The number of nitrogens with two attached hydrogens (primary N) is 2. The fourth-order valence-corrected chi connectivity index (χ4v) is 3.67. The average Bonchev–Trinajstić information content (AvgIpc) is 3.05. The average molecular weight is 372 g/mol. The van der Waals surface area contributed by atoms with E-state index >= 15 is 0 Å². The highest BCUT2D eigenvalue weighted by Gasteiger charge is 2.34. The van der Waals surface area contributed by atoms with Gasteiger partial charge in [-0.3, -0.25) is 14.5 Å². The normalized spacial score (nSPS) is 18.1. The molecule has 1 aliphatic carbocycles. The summed E-state index contributed by atoms with van der Waals surface area (Å²) < 4.78 is 0. The molecule has 0 saturated heterocycles. The summed E-state index contributed by atoms with van der Waals surface area (Å²) in [4.78, 5) is 38.6. The van der Waals surface area contributed by atoms with Gasteiger partial charge in [0.15, 0.2) is 12.5 Å². The van der Waals surface area contributed by atoms with E-state index in [2.05, 4.69) is 5.32 Å². The number of anilines is 3. The second-order valence-electron chi connectivity index (χ2n) is 7.17. The minimum absolute atomic E-state index is 0.144. The molecule has 8 nitrogen and oxygen atoms in total. The lowest BCUT2D eigenvalue weighted by Gasteiger charge is -2.24. The second kappa shape index (κ2) is 7.85. The van der Waals surface area contributed by atoms with E-state index in [4.69, 9.17) is 11.5 Å². The Morgan fingerprint density at radius 1 is 1.15 bits per heavy atom. The minimum atomic E-state index is -0.649. The molecular formula is C19H26N5O3. The van der Waals surface area contributed by atoms with Crippen LogP contribution in [-0.2, 0) is 9.59 Å². The van der Waals surface area contributed by atoms with Crippen molar-refractivity contribution >= 4 is 34.8 Å². The fourth-order valence-electron chi connectivity index (χ4n) is 3.67. The Balaban J connectivity index is 1.75. The number of carbonyl (C=O) groups excluding carboxylic acids is 3. The number of amides is 3. The van der Waals surface area contributed by atoms with Gasteiger partial charge in [-0.05, 0) is 38.0 Å². The first-order valence-electron chi connectivity index (χ1n) is 9.30. The molecule has 3 rings (SSSR count). The highest BCUT2D eigenvalue weighted by Crippen LogP contribution is 2.41. The molecule has 0 bridgehead atoms. The van der Waals surface area contributed by atoms with Gasteiger partial charge in [-0.15, -0.1) is 0 Å². The van der Waals surface area contributed by atoms with Crippen LogP contribution in [0, 0.1) is 12.6 Å². The van der Waals surface area contributed by atoms with Crippen LogP contribution in [0.1, 0.15) is 39.0 Å². The summed E-state index contributed by atoms with van der Waals surface area (Å²) in [7, 11) is 0. The van der Waals surface area contributed by atoms with E-state index in [1.807, 2.05) is 0 Å². The maximum Gasteiger partial charge on any atom is 0.321 e. The van der Waals surface area contributed by atoms with Crippen molar-refractivity contribution in [3.63, 3.8) is 0 Å². The molecule has 145 valence electrons. The lowest BCUT2D eigenvalue weighted by atomic mass is 9.86. The Hall–Kier alpha value is -2.77. The molecule has 5 N–H and O–H groups in total. The third-order valence-electron chi connectivity index (χ3n) is 5.35. The van der Waals surface area contributed by atoms with Crippen LogP contribution in [-0.4, -0.2) is 30.3 Å². The third-order valence-corrected chi connectivity index (χ3v) is 5.35. The number of nitrogens with zero attached hydrogens (tertiary/aromatic N) is 2. The number of primary amides is 2. The van der Waals surface area contributed by atoms with Crippen LogP contribution in [0.4, 0.5) is 21.9 Å². The molecule has 27 heavy (non-hydrogen) atoms. The zero-order valence-electron chi connectivity index (χ0n) is 15.5. The van der Waals surface area contributed by atoms with Gasteiger partial charge < -0.3 is 21.7 Å². The number of nitrogens with one attached hydrogen (secondary N) is 1. The second-order valence-corrected chi connectivity index (χ2v) is 7.17. The zero-order valence-corrected chi connectivity index (χ0v) is 15.5. The summed E-state index contributed by atoms with van der Waals surface area (Å²) in [6.45, 7) is 3.39. The van der Waals surface area contributed by atoms with Gasteiger partial charge >= 0.3 is 6.03 Å². The van der Waals surface area contributed by atoms with E-state index in [-0.39, 0.29) is 18.2 Å². The largest absolute Gasteiger partial charge is 0.378 e. The van der Waals surface area contributed by atoms with Gasteiger partial charge in [0.05, 0.1) is 17.9 Å². The number of urea groups is 1. The van der Waals surface area contributed by atoms with Gasteiger partial charge in [0.25, 0.3) is 0 Å². The van der Waals surface area contributed by atoms with Crippen LogP contribution in [0.25, 0.3) is 0 Å². The molecule has 1 atom stereocenters. The van der Waals surface area contributed by atoms with E-state index in [1.165, 1.54) is 18.0 Å². The van der Waals surface area contributed by atoms with Gasteiger partial charge in [0, 0.05) is 11.6 Å². The van der Waals surface area contributed by atoms with Crippen LogP contribution in [0.2, 0.25) is 0 Å². The Morgan fingerprint density at radius 2 is 1.85 bits per heavy atom. The fraction of sp³-hybridized carbons (Fsp3) is 0.474. The van der Waals surface area contributed by atoms with E-state index in [0.717, 1.165) is 31.4 Å². The highest BCUT2D eigenvalue weighted by atomic mass is 16.2. The van der Waals surface area contributed by atoms with Crippen LogP contribution in [0.5, 0.6) is 0 Å². The molecule has 1 aromatic rings. The summed E-state index contributed by atoms with van der Waals surface area (Å²) in [6, 6.07) is 4.02. The van der Waals surface area contributed by atoms with Gasteiger partial charge in [-0.1, -0.05) is 19.3 Å². The molecule has 1 aromatic carbocycles. The summed E-state index contributed by atoms with van der Waals surface area (Å²) in [5, 5.41) is 3.16. The monoisotopic (exact) mass is 372 g/mol. The molecule has 8 heteroatoms. The van der Waals surface area contributed by atoms with Crippen molar-refractivity contribution in [2.24, 2.45) is 17.4 Å². The van der Waals surface area contributed by atoms with Crippen LogP contribution in [0.15, 0.2) is 18.2 Å². The number of Topliss-reactive ketones (excluding diaryl/α,β-unsaturated/α-hetero) is 1. The number of carbonyl (C=O) groups is 3. The molecule has 1 aliphatic heterocycles. The molecule has 0 aromatic heterocycles. The smallest absolute Gasteiger partial charge is 0.321 e. The standard InChI is InChI=1S/C19H26N5O3/c1-12(18(20)26)23-11-24(19(21)27)15-8-7-14(9-16(15)23)22-10-17(25)13-5-3-2-4-6-13/h7-9,11-13,22H,2-6,10H2,1H3,(H2,20,26)(H2,21,27). The maximum atomic E-state index is 12.4. The first kappa shape index (κ1) is 19.0. The van der Waals surface area contributed by atoms with E-state index < -0.39 is 18.0 Å². The van der Waals surface area contributed by atoms with E-state index in [9.17, 15) is 14.4 Å². The SMILES string of the molecule is CC(C(N)=O)N1[CH]N(C(N)=O)c2ccc(NCC(=O)C3CCCCC3)cc21. The van der Waals surface area contributed by atoms with Crippen molar-refractivity contribution in [1.29, 1.82) is 0 Å². The quantitative estimate of drug-likeness (QED) is 0.704.